The molecule has 0 radical (unpaired) electrons. The number of nitrogens with zero attached hydrogens (tertiary/aromatic N) is 1. The smallest absolute Gasteiger partial charge is 0.184 e. The summed E-state index contributed by atoms with van der Waals surface area (Å²) in [7, 11) is 0. The quantitative estimate of drug-likeness (QED) is 0.857. The summed E-state index contributed by atoms with van der Waals surface area (Å²) >= 11 is 1.76. The Morgan fingerprint density at radius 2 is 2.00 bits per heavy atom. The van der Waals surface area contributed by atoms with E-state index in [1.807, 2.05) is 6.92 Å². The predicted octanol–water partition coefficient (Wildman–Crippen LogP) is 5.06. The van der Waals surface area contributed by atoms with Crippen molar-refractivity contribution in [3.05, 3.63) is 17.2 Å². The van der Waals surface area contributed by atoms with Gasteiger partial charge in [-0.2, -0.15) is 0 Å². The van der Waals surface area contributed by atoms with Crippen LogP contribution in [0.25, 0.3) is 10.2 Å². The van der Waals surface area contributed by atoms with Crippen molar-refractivity contribution in [3.63, 3.8) is 0 Å². The van der Waals surface area contributed by atoms with E-state index in [4.69, 9.17) is 9.72 Å². The molecule has 1 fully saturated rings. The van der Waals surface area contributed by atoms with Gasteiger partial charge in [0, 0.05) is 6.04 Å². The van der Waals surface area contributed by atoms with Crippen molar-refractivity contribution in [2.45, 2.75) is 58.9 Å². The highest BCUT2D eigenvalue weighted by atomic mass is 32.1. The minimum atomic E-state index is 0.594. The number of nitrogens with one attached hydrogen (secondary N) is 1. The number of ether oxygens (including phenoxy) is 1. The molecule has 1 saturated carbocycles. The third-order valence-corrected chi connectivity index (χ3v) is 5.33. The standard InChI is InChI=1S/C17H24N2OS/c1-4-20-15-11(2)10-12(3)16-14(15)19-17(21-16)18-13-8-6-5-7-9-13/h10,13H,4-9H2,1-3H3,(H,18,19). The molecule has 1 aliphatic carbocycles. The van der Waals surface area contributed by atoms with Crippen LogP contribution >= 0.6 is 11.3 Å². The maximum Gasteiger partial charge on any atom is 0.184 e. The molecule has 1 aromatic heterocycles. The second kappa shape index (κ2) is 6.22. The maximum absolute atomic E-state index is 5.82. The van der Waals surface area contributed by atoms with Crippen LogP contribution in [0.5, 0.6) is 5.75 Å². The van der Waals surface area contributed by atoms with Gasteiger partial charge in [-0.15, -0.1) is 0 Å². The molecular formula is C17H24N2OS. The van der Waals surface area contributed by atoms with E-state index in [1.54, 1.807) is 11.3 Å². The zero-order valence-electron chi connectivity index (χ0n) is 13.2. The lowest BCUT2D eigenvalue weighted by atomic mass is 9.96. The molecule has 0 bridgehead atoms. The van der Waals surface area contributed by atoms with Crippen LogP contribution in [0.3, 0.4) is 0 Å². The van der Waals surface area contributed by atoms with E-state index in [0.29, 0.717) is 12.6 Å². The number of hydrogen-bond acceptors (Lipinski definition) is 4. The molecule has 2 aromatic rings. The molecule has 3 nitrogen and oxygen atoms in total. The van der Waals surface area contributed by atoms with Crippen LogP contribution in [0.15, 0.2) is 6.07 Å². The molecule has 1 aromatic carbocycles. The second-order valence-electron chi connectivity index (χ2n) is 5.95. The van der Waals surface area contributed by atoms with Crippen molar-refractivity contribution in [1.82, 2.24) is 4.98 Å². The van der Waals surface area contributed by atoms with Gasteiger partial charge < -0.3 is 10.1 Å². The molecule has 0 amide bonds. The number of rotatable bonds is 4. The van der Waals surface area contributed by atoms with Crippen LogP contribution in [0.1, 0.15) is 50.2 Å². The van der Waals surface area contributed by atoms with Crippen molar-refractivity contribution in [3.8, 4) is 5.75 Å². The Morgan fingerprint density at radius 1 is 1.24 bits per heavy atom. The third kappa shape index (κ3) is 3.00. The van der Waals surface area contributed by atoms with Gasteiger partial charge >= 0.3 is 0 Å². The fourth-order valence-corrected chi connectivity index (χ4v) is 4.20. The van der Waals surface area contributed by atoms with Crippen LogP contribution in [0.4, 0.5) is 5.13 Å². The van der Waals surface area contributed by atoms with E-state index in [1.165, 1.54) is 47.9 Å². The largest absolute Gasteiger partial charge is 0.491 e. The highest BCUT2D eigenvalue weighted by molar-refractivity contribution is 7.22. The minimum absolute atomic E-state index is 0.594. The van der Waals surface area contributed by atoms with Crippen LogP contribution in [0, 0.1) is 13.8 Å². The second-order valence-corrected chi connectivity index (χ2v) is 6.95. The topological polar surface area (TPSA) is 34.1 Å². The molecule has 114 valence electrons. The Balaban J connectivity index is 1.94. The van der Waals surface area contributed by atoms with Gasteiger partial charge in [0.25, 0.3) is 0 Å². The van der Waals surface area contributed by atoms with Crippen molar-refractivity contribution < 1.29 is 4.74 Å². The summed E-state index contributed by atoms with van der Waals surface area (Å²) in [5, 5.41) is 4.69. The van der Waals surface area contributed by atoms with E-state index in [2.05, 4.69) is 25.2 Å². The van der Waals surface area contributed by atoms with Gasteiger partial charge in [0.15, 0.2) is 5.13 Å². The van der Waals surface area contributed by atoms with Gasteiger partial charge in [-0.1, -0.05) is 36.7 Å². The number of fused-ring (bicyclic) bond motifs is 1. The molecule has 0 unspecified atom stereocenters. The summed E-state index contributed by atoms with van der Waals surface area (Å²) in [6.07, 6.45) is 6.60. The number of hydrogen-bond donors (Lipinski definition) is 1. The molecule has 1 heterocycles. The van der Waals surface area contributed by atoms with Gasteiger partial charge in [0.05, 0.1) is 11.3 Å². The van der Waals surface area contributed by atoms with Crippen molar-refractivity contribution >= 4 is 26.7 Å². The highest BCUT2D eigenvalue weighted by Gasteiger charge is 2.18. The van der Waals surface area contributed by atoms with Crippen molar-refractivity contribution in [1.29, 1.82) is 0 Å². The normalized spacial score (nSPS) is 16.3. The van der Waals surface area contributed by atoms with Crippen molar-refractivity contribution in [2.24, 2.45) is 0 Å². The molecule has 3 rings (SSSR count). The summed E-state index contributed by atoms with van der Waals surface area (Å²) in [6, 6.07) is 2.80. The Hall–Kier alpha value is -1.29. The molecule has 4 heteroatoms. The lowest BCUT2D eigenvalue weighted by molar-refractivity contribution is 0.341. The average molecular weight is 304 g/mol. The maximum atomic E-state index is 5.82. The van der Waals surface area contributed by atoms with Crippen LogP contribution in [-0.2, 0) is 0 Å². The van der Waals surface area contributed by atoms with Gasteiger partial charge in [-0.05, 0) is 44.7 Å². The zero-order valence-corrected chi connectivity index (χ0v) is 14.0. The lowest BCUT2D eigenvalue weighted by Crippen LogP contribution is -2.21. The van der Waals surface area contributed by atoms with Gasteiger partial charge in [0.2, 0.25) is 0 Å². The van der Waals surface area contributed by atoms with Crippen LogP contribution in [-0.4, -0.2) is 17.6 Å². The van der Waals surface area contributed by atoms with Crippen LogP contribution in [0.2, 0.25) is 0 Å². The lowest BCUT2D eigenvalue weighted by Gasteiger charge is -2.22. The monoisotopic (exact) mass is 304 g/mol. The zero-order chi connectivity index (χ0) is 14.8. The first kappa shape index (κ1) is 14.6. The summed E-state index contributed by atoms with van der Waals surface area (Å²) in [4.78, 5) is 4.83. The fraction of sp³-hybridized carbons (Fsp3) is 0.588. The minimum Gasteiger partial charge on any atom is -0.491 e. The molecule has 0 spiro atoms. The first-order chi connectivity index (χ1) is 10.2. The molecule has 0 aliphatic heterocycles. The molecule has 1 N–H and O–H groups in total. The van der Waals surface area contributed by atoms with E-state index >= 15 is 0 Å². The van der Waals surface area contributed by atoms with E-state index < -0.39 is 0 Å². The number of anilines is 1. The number of benzene rings is 1. The number of aryl methyl sites for hydroxylation is 2. The Morgan fingerprint density at radius 3 is 2.71 bits per heavy atom. The van der Waals surface area contributed by atoms with E-state index in [9.17, 15) is 0 Å². The van der Waals surface area contributed by atoms with Crippen molar-refractivity contribution in [2.75, 3.05) is 11.9 Å². The predicted molar refractivity (Wildman–Crippen MR) is 90.8 cm³/mol. The van der Waals surface area contributed by atoms with E-state index in [-0.39, 0.29) is 0 Å². The summed E-state index contributed by atoms with van der Waals surface area (Å²) in [5.41, 5.74) is 3.49. The summed E-state index contributed by atoms with van der Waals surface area (Å²) < 4.78 is 7.08. The number of thiazole rings is 1. The number of aromatic nitrogens is 1. The van der Waals surface area contributed by atoms with Gasteiger partial charge in [-0.25, -0.2) is 4.98 Å². The van der Waals surface area contributed by atoms with Gasteiger partial charge in [0.1, 0.15) is 11.3 Å². The fourth-order valence-electron chi connectivity index (χ4n) is 3.19. The SMILES string of the molecule is CCOc1c(C)cc(C)c2sc(NC3CCCCC3)nc12. The Kier molecular flexibility index (Phi) is 4.34. The molecule has 21 heavy (non-hydrogen) atoms. The Bertz CT molecular complexity index is 629. The Labute approximate surface area is 130 Å². The average Bonchev–Trinajstić information content (AvgIpc) is 2.89. The molecule has 1 aliphatic rings. The summed E-state index contributed by atoms with van der Waals surface area (Å²) in [6.45, 7) is 6.97. The summed E-state index contributed by atoms with van der Waals surface area (Å²) in [5.74, 6) is 0.950. The first-order valence-electron chi connectivity index (χ1n) is 7.99. The highest BCUT2D eigenvalue weighted by Crippen LogP contribution is 2.38. The molecule has 0 atom stereocenters. The first-order valence-corrected chi connectivity index (χ1v) is 8.80. The van der Waals surface area contributed by atoms with E-state index in [0.717, 1.165) is 16.4 Å². The third-order valence-electron chi connectivity index (χ3n) is 4.21. The van der Waals surface area contributed by atoms with Crippen LogP contribution < -0.4 is 10.1 Å². The molecule has 0 saturated heterocycles. The molecular weight excluding hydrogens is 280 g/mol. The van der Waals surface area contributed by atoms with Gasteiger partial charge in [-0.3, -0.25) is 0 Å².